The third-order valence-corrected chi connectivity index (χ3v) is 5.11. The molecule has 0 saturated heterocycles. The number of amides is 1. The first-order valence-electron chi connectivity index (χ1n) is 7.52. The van der Waals surface area contributed by atoms with E-state index in [4.69, 9.17) is 11.6 Å². The molecule has 5 nitrogen and oxygen atoms in total. The molecule has 2 fully saturated rings. The minimum absolute atomic E-state index is 0.103. The summed E-state index contributed by atoms with van der Waals surface area (Å²) < 4.78 is 1.68. The van der Waals surface area contributed by atoms with Crippen molar-refractivity contribution in [1.29, 1.82) is 0 Å². The van der Waals surface area contributed by atoms with Crippen LogP contribution in [-0.4, -0.2) is 26.3 Å². The largest absolute Gasteiger partial charge is 0.348 e. The first-order chi connectivity index (χ1) is 10.2. The van der Waals surface area contributed by atoms with Gasteiger partial charge in [0.15, 0.2) is 0 Å². The number of aromatic nitrogens is 3. The minimum atomic E-state index is -0.103. The molecule has 1 amide bonds. The van der Waals surface area contributed by atoms with E-state index in [1.54, 1.807) is 16.8 Å². The lowest BCUT2D eigenvalue weighted by Crippen LogP contribution is -2.37. The number of nitrogens with one attached hydrogen (secondary N) is 1. The van der Waals surface area contributed by atoms with Crippen molar-refractivity contribution in [3.05, 3.63) is 29.3 Å². The predicted octanol–water partition coefficient (Wildman–Crippen LogP) is 2.69. The molecule has 110 valence electrons. The number of halogens is 1. The Morgan fingerprint density at radius 3 is 3.10 bits per heavy atom. The van der Waals surface area contributed by atoms with Crippen molar-refractivity contribution in [3.63, 3.8) is 0 Å². The van der Waals surface area contributed by atoms with Gasteiger partial charge in [0, 0.05) is 18.4 Å². The summed E-state index contributed by atoms with van der Waals surface area (Å²) in [7, 11) is 0. The van der Waals surface area contributed by atoms with E-state index in [0.29, 0.717) is 28.5 Å². The van der Waals surface area contributed by atoms with Gasteiger partial charge in [-0.15, -0.1) is 0 Å². The van der Waals surface area contributed by atoms with Gasteiger partial charge in [0.1, 0.15) is 5.69 Å². The Labute approximate surface area is 127 Å². The Morgan fingerprint density at radius 1 is 1.29 bits per heavy atom. The molecule has 2 aromatic rings. The average molecular weight is 305 g/mol. The zero-order valence-corrected chi connectivity index (χ0v) is 12.4. The van der Waals surface area contributed by atoms with Gasteiger partial charge in [0.05, 0.1) is 11.2 Å². The Morgan fingerprint density at radius 2 is 2.19 bits per heavy atom. The minimum Gasteiger partial charge on any atom is -0.348 e. The topological polar surface area (TPSA) is 59.3 Å². The number of hydrogen-bond donors (Lipinski definition) is 1. The Bertz CT molecular complexity index is 698. The predicted molar refractivity (Wildman–Crippen MR) is 79.3 cm³/mol. The van der Waals surface area contributed by atoms with Crippen LogP contribution in [0.4, 0.5) is 0 Å². The molecule has 0 spiro atoms. The fraction of sp³-hybridized carbons (Fsp3) is 0.533. The number of carbonyl (C=O) groups excluding carboxylic acids is 1. The molecule has 0 aromatic carbocycles. The van der Waals surface area contributed by atoms with Gasteiger partial charge in [-0.2, -0.15) is 0 Å². The van der Waals surface area contributed by atoms with Crippen LogP contribution in [-0.2, 0) is 0 Å². The summed E-state index contributed by atoms with van der Waals surface area (Å²) in [5, 5.41) is 3.69. The van der Waals surface area contributed by atoms with Gasteiger partial charge < -0.3 is 5.32 Å². The summed E-state index contributed by atoms with van der Waals surface area (Å²) in [6.45, 7) is 0. The van der Waals surface area contributed by atoms with Crippen LogP contribution < -0.4 is 5.32 Å². The van der Waals surface area contributed by atoms with E-state index < -0.39 is 0 Å². The fourth-order valence-electron chi connectivity index (χ4n) is 3.95. The van der Waals surface area contributed by atoms with Gasteiger partial charge in [0.25, 0.3) is 5.91 Å². The van der Waals surface area contributed by atoms with E-state index in [1.165, 1.54) is 31.9 Å². The van der Waals surface area contributed by atoms with E-state index in [-0.39, 0.29) is 5.91 Å². The number of imidazole rings is 1. The van der Waals surface area contributed by atoms with Crippen molar-refractivity contribution < 1.29 is 4.79 Å². The highest BCUT2D eigenvalue weighted by Gasteiger charge is 2.39. The van der Waals surface area contributed by atoms with Gasteiger partial charge in [-0.05, 0) is 31.1 Å². The lowest BCUT2D eigenvalue weighted by molar-refractivity contribution is 0.0922. The molecule has 0 aliphatic heterocycles. The van der Waals surface area contributed by atoms with Crippen LogP contribution in [0.3, 0.4) is 0 Å². The SMILES string of the molecule is O=C(N[C@H]1CC[C@@H]2CCC[C@@H]21)c1cn2cc(Cl)cnc2n1. The highest BCUT2D eigenvalue weighted by atomic mass is 35.5. The highest BCUT2D eigenvalue weighted by Crippen LogP contribution is 2.43. The Kier molecular flexibility index (Phi) is 3.10. The first-order valence-corrected chi connectivity index (χ1v) is 7.89. The van der Waals surface area contributed by atoms with Gasteiger partial charge in [-0.25, -0.2) is 9.97 Å². The number of fused-ring (bicyclic) bond motifs is 2. The third kappa shape index (κ3) is 2.29. The van der Waals surface area contributed by atoms with Crippen molar-refractivity contribution in [2.75, 3.05) is 0 Å². The molecule has 0 radical (unpaired) electrons. The monoisotopic (exact) mass is 304 g/mol. The first kappa shape index (κ1) is 13.1. The molecule has 2 heterocycles. The molecular weight excluding hydrogens is 288 g/mol. The smallest absolute Gasteiger partial charge is 0.271 e. The molecule has 21 heavy (non-hydrogen) atoms. The summed E-state index contributed by atoms with van der Waals surface area (Å²) in [6, 6.07) is 0.311. The molecule has 2 aliphatic carbocycles. The van der Waals surface area contributed by atoms with Crippen LogP contribution in [0.15, 0.2) is 18.6 Å². The standard InChI is InChI=1S/C15H17ClN4O/c16-10-6-17-15-19-13(8-20(15)7-10)14(21)18-12-5-4-9-2-1-3-11(9)12/h6-9,11-12H,1-5H2,(H,18,21)/t9-,11-,12-/m0/s1. The Hall–Kier alpha value is -1.62. The molecule has 3 atom stereocenters. The molecule has 0 unspecified atom stereocenters. The molecule has 0 bridgehead atoms. The second-order valence-electron chi connectivity index (χ2n) is 6.12. The zero-order chi connectivity index (χ0) is 14.4. The van der Waals surface area contributed by atoms with Gasteiger partial charge in [-0.3, -0.25) is 9.20 Å². The lowest BCUT2D eigenvalue weighted by Gasteiger charge is -2.19. The molecule has 6 heteroatoms. The Balaban J connectivity index is 1.53. The maximum atomic E-state index is 12.4. The molecule has 1 N–H and O–H groups in total. The number of rotatable bonds is 2. The van der Waals surface area contributed by atoms with Crippen molar-refractivity contribution in [2.45, 2.75) is 38.1 Å². The second-order valence-corrected chi connectivity index (χ2v) is 6.55. The normalized spacial score (nSPS) is 28.0. The van der Waals surface area contributed by atoms with Crippen molar-refractivity contribution in [1.82, 2.24) is 19.7 Å². The number of hydrogen-bond acceptors (Lipinski definition) is 3. The van der Waals surface area contributed by atoms with Crippen LogP contribution >= 0.6 is 11.6 Å². The molecule has 2 aromatic heterocycles. The summed E-state index contributed by atoms with van der Waals surface area (Å²) in [4.78, 5) is 20.8. The quantitative estimate of drug-likeness (QED) is 0.928. The van der Waals surface area contributed by atoms with E-state index in [0.717, 1.165) is 12.3 Å². The van der Waals surface area contributed by atoms with E-state index in [9.17, 15) is 4.79 Å². The summed E-state index contributed by atoms with van der Waals surface area (Å²) in [6.07, 6.45) is 11.1. The van der Waals surface area contributed by atoms with Crippen molar-refractivity contribution in [3.8, 4) is 0 Å². The summed E-state index contributed by atoms with van der Waals surface area (Å²) in [5.41, 5.74) is 0.409. The van der Waals surface area contributed by atoms with Crippen LogP contribution in [0, 0.1) is 11.8 Å². The average Bonchev–Trinajstić information content (AvgIpc) is 3.14. The fourth-order valence-corrected chi connectivity index (χ4v) is 4.11. The molecule has 4 rings (SSSR count). The number of nitrogens with zero attached hydrogens (tertiary/aromatic N) is 3. The van der Waals surface area contributed by atoms with Gasteiger partial charge in [-0.1, -0.05) is 24.4 Å². The second kappa shape index (κ2) is 4.98. The van der Waals surface area contributed by atoms with Crippen LogP contribution in [0.1, 0.15) is 42.6 Å². The molecule has 2 saturated carbocycles. The van der Waals surface area contributed by atoms with E-state index in [2.05, 4.69) is 15.3 Å². The van der Waals surface area contributed by atoms with Crippen LogP contribution in [0.25, 0.3) is 5.78 Å². The summed E-state index contributed by atoms with van der Waals surface area (Å²) in [5.74, 6) is 1.87. The van der Waals surface area contributed by atoms with E-state index in [1.807, 2.05) is 0 Å². The molecule has 2 aliphatic rings. The maximum Gasteiger partial charge on any atom is 0.271 e. The number of carbonyl (C=O) groups is 1. The third-order valence-electron chi connectivity index (χ3n) is 4.91. The van der Waals surface area contributed by atoms with Gasteiger partial charge in [0.2, 0.25) is 5.78 Å². The van der Waals surface area contributed by atoms with Gasteiger partial charge >= 0.3 is 0 Å². The maximum absolute atomic E-state index is 12.4. The highest BCUT2D eigenvalue weighted by molar-refractivity contribution is 6.30. The van der Waals surface area contributed by atoms with E-state index >= 15 is 0 Å². The lowest BCUT2D eigenvalue weighted by atomic mass is 9.97. The zero-order valence-electron chi connectivity index (χ0n) is 11.6. The van der Waals surface area contributed by atoms with Crippen molar-refractivity contribution in [2.24, 2.45) is 11.8 Å². The summed E-state index contributed by atoms with van der Waals surface area (Å²) >= 11 is 5.89. The van der Waals surface area contributed by atoms with Crippen LogP contribution in [0.5, 0.6) is 0 Å². The molecular formula is C15H17ClN4O. The van der Waals surface area contributed by atoms with Crippen LogP contribution in [0.2, 0.25) is 5.02 Å². The van der Waals surface area contributed by atoms with Crippen molar-refractivity contribution >= 4 is 23.3 Å².